The second kappa shape index (κ2) is 4.66. The lowest BCUT2D eigenvalue weighted by Crippen LogP contribution is -2.28. The monoisotopic (exact) mass is 252 g/mol. The summed E-state index contributed by atoms with van der Waals surface area (Å²) in [5, 5.41) is 0. The molecule has 5 heteroatoms. The van der Waals surface area contributed by atoms with Crippen LogP contribution in [0.4, 0.5) is 0 Å². The van der Waals surface area contributed by atoms with Gasteiger partial charge in [0, 0.05) is 12.6 Å². The predicted molar refractivity (Wildman–Crippen MR) is 68.8 cm³/mol. The Kier molecular flexibility index (Phi) is 3.40. The summed E-state index contributed by atoms with van der Waals surface area (Å²) in [6.45, 7) is 6.29. The van der Waals surface area contributed by atoms with E-state index in [0.717, 1.165) is 17.2 Å². The average Bonchev–Trinajstić information content (AvgIpc) is 2.28. The SMILES string of the molecule is CC(C)(C)[S+]([O-])/N=C1\CCOc2cccnc21. The third-order valence-corrected chi connectivity index (χ3v) is 3.79. The van der Waals surface area contributed by atoms with Gasteiger partial charge in [0.2, 0.25) is 0 Å². The molecule has 2 rings (SSSR count). The fourth-order valence-electron chi connectivity index (χ4n) is 1.43. The Morgan fingerprint density at radius 1 is 1.47 bits per heavy atom. The maximum absolute atomic E-state index is 12.0. The molecular weight excluding hydrogens is 236 g/mol. The summed E-state index contributed by atoms with van der Waals surface area (Å²) in [6, 6.07) is 3.68. The van der Waals surface area contributed by atoms with Crippen molar-refractivity contribution in [2.75, 3.05) is 6.61 Å². The molecule has 1 aromatic heterocycles. The molecule has 0 spiro atoms. The van der Waals surface area contributed by atoms with E-state index in [-0.39, 0.29) is 4.75 Å². The lowest BCUT2D eigenvalue weighted by Gasteiger charge is -2.21. The molecule has 0 radical (unpaired) electrons. The van der Waals surface area contributed by atoms with Crippen LogP contribution in [-0.2, 0) is 11.4 Å². The Hall–Kier alpha value is -1.07. The smallest absolute Gasteiger partial charge is 0.147 e. The van der Waals surface area contributed by atoms with Crippen LogP contribution >= 0.6 is 0 Å². The first-order valence-corrected chi connectivity index (χ1v) is 6.67. The highest BCUT2D eigenvalue weighted by Gasteiger charge is 2.29. The molecule has 0 saturated heterocycles. The molecule has 1 aliphatic rings. The fraction of sp³-hybridized carbons (Fsp3) is 0.500. The van der Waals surface area contributed by atoms with E-state index in [1.165, 1.54) is 0 Å². The van der Waals surface area contributed by atoms with E-state index in [0.29, 0.717) is 13.0 Å². The minimum atomic E-state index is -1.25. The van der Waals surface area contributed by atoms with Crippen LogP contribution in [0.5, 0.6) is 5.75 Å². The first-order chi connectivity index (χ1) is 7.98. The van der Waals surface area contributed by atoms with Gasteiger partial charge >= 0.3 is 0 Å². The van der Waals surface area contributed by atoms with Crippen LogP contribution in [0.15, 0.2) is 22.7 Å². The van der Waals surface area contributed by atoms with Crippen molar-refractivity contribution in [3.63, 3.8) is 0 Å². The van der Waals surface area contributed by atoms with E-state index in [1.54, 1.807) is 6.20 Å². The Bertz CT molecular complexity index is 440. The van der Waals surface area contributed by atoms with Gasteiger partial charge in [-0.25, -0.2) is 0 Å². The van der Waals surface area contributed by atoms with Gasteiger partial charge < -0.3 is 9.29 Å². The van der Waals surface area contributed by atoms with Crippen molar-refractivity contribution in [2.45, 2.75) is 31.9 Å². The van der Waals surface area contributed by atoms with Crippen molar-refractivity contribution in [1.29, 1.82) is 0 Å². The molecule has 0 fully saturated rings. The molecule has 0 saturated carbocycles. The lowest BCUT2D eigenvalue weighted by molar-refractivity contribution is 0.318. The van der Waals surface area contributed by atoms with Crippen molar-refractivity contribution in [3.05, 3.63) is 24.0 Å². The normalized spacial score (nSPS) is 19.6. The van der Waals surface area contributed by atoms with Crippen LogP contribution in [0, 0.1) is 0 Å². The molecule has 1 unspecified atom stereocenters. The highest BCUT2D eigenvalue weighted by molar-refractivity contribution is 7.91. The van der Waals surface area contributed by atoms with Crippen molar-refractivity contribution >= 4 is 17.1 Å². The molecule has 17 heavy (non-hydrogen) atoms. The largest absolute Gasteiger partial charge is 0.591 e. The zero-order valence-electron chi connectivity index (χ0n) is 10.3. The topological polar surface area (TPSA) is 57.5 Å². The summed E-state index contributed by atoms with van der Waals surface area (Å²) >= 11 is -1.25. The standard InChI is InChI=1S/C12H16N2O2S/c1-12(2,3)17(15)14-9-6-8-16-10-5-4-7-13-11(9)10/h4-5,7H,6,8H2,1-3H3/b14-9+. The second-order valence-corrected chi connectivity index (χ2v) is 6.75. The number of hydrogen-bond donors (Lipinski definition) is 0. The van der Waals surface area contributed by atoms with Crippen LogP contribution in [0.25, 0.3) is 0 Å². The minimum absolute atomic E-state index is 0.347. The molecule has 1 atom stereocenters. The van der Waals surface area contributed by atoms with Gasteiger partial charge in [0.1, 0.15) is 33.3 Å². The van der Waals surface area contributed by atoms with E-state index in [1.807, 2.05) is 32.9 Å². The molecule has 0 bridgehead atoms. The number of aromatic nitrogens is 1. The molecule has 0 aromatic carbocycles. The van der Waals surface area contributed by atoms with E-state index in [4.69, 9.17) is 4.74 Å². The molecule has 1 aliphatic heterocycles. The Morgan fingerprint density at radius 2 is 2.24 bits per heavy atom. The molecule has 92 valence electrons. The summed E-state index contributed by atoms with van der Waals surface area (Å²) in [5.41, 5.74) is 1.50. The molecule has 2 heterocycles. The van der Waals surface area contributed by atoms with Crippen molar-refractivity contribution in [3.8, 4) is 5.75 Å². The Morgan fingerprint density at radius 3 is 2.94 bits per heavy atom. The van der Waals surface area contributed by atoms with Gasteiger partial charge in [0.25, 0.3) is 0 Å². The second-order valence-electron chi connectivity index (χ2n) is 4.85. The van der Waals surface area contributed by atoms with Crippen molar-refractivity contribution < 1.29 is 9.29 Å². The number of nitrogens with zero attached hydrogens (tertiary/aromatic N) is 2. The third-order valence-electron chi connectivity index (χ3n) is 2.36. The van der Waals surface area contributed by atoms with E-state index >= 15 is 0 Å². The van der Waals surface area contributed by atoms with Gasteiger partial charge in [0.05, 0.1) is 6.61 Å². The molecule has 0 aliphatic carbocycles. The predicted octanol–water partition coefficient (Wildman–Crippen LogP) is 2.12. The van der Waals surface area contributed by atoms with Gasteiger partial charge in [-0.1, -0.05) is 4.40 Å². The summed E-state index contributed by atoms with van der Waals surface area (Å²) in [6.07, 6.45) is 2.36. The molecule has 1 aromatic rings. The maximum Gasteiger partial charge on any atom is 0.147 e. The van der Waals surface area contributed by atoms with E-state index in [9.17, 15) is 4.55 Å². The maximum atomic E-state index is 12.0. The highest BCUT2D eigenvalue weighted by Crippen LogP contribution is 2.25. The Balaban J connectivity index is 2.33. The highest BCUT2D eigenvalue weighted by atomic mass is 32.2. The van der Waals surface area contributed by atoms with Crippen LogP contribution in [0.2, 0.25) is 0 Å². The summed E-state index contributed by atoms with van der Waals surface area (Å²) < 4.78 is 21.4. The van der Waals surface area contributed by atoms with Crippen LogP contribution in [0.1, 0.15) is 32.9 Å². The number of hydrogen-bond acceptors (Lipinski definition) is 4. The quantitative estimate of drug-likeness (QED) is 0.719. The fourth-order valence-corrected chi connectivity index (χ4v) is 2.08. The average molecular weight is 252 g/mol. The number of rotatable bonds is 1. The van der Waals surface area contributed by atoms with E-state index in [2.05, 4.69) is 9.38 Å². The van der Waals surface area contributed by atoms with Crippen LogP contribution in [0.3, 0.4) is 0 Å². The Labute approximate surface area is 104 Å². The van der Waals surface area contributed by atoms with Gasteiger partial charge in [0.15, 0.2) is 0 Å². The van der Waals surface area contributed by atoms with Gasteiger partial charge in [-0.15, -0.1) is 0 Å². The van der Waals surface area contributed by atoms with Crippen LogP contribution in [-0.4, -0.2) is 26.6 Å². The number of fused-ring (bicyclic) bond motifs is 1. The molecule has 4 nitrogen and oxygen atoms in total. The summed E-state index contributed by atoms with van der Waals surface area (Å²) in [5.74, 6) is 0.725. The molecule has 0 N–H and O–H groups in total. The number of pyridine rings is 1. The third kappa shape index (κ3) is 2.79. The number of ether oxygens (including phenoxy) is 1. The zero-order valence-corrected chi connectivity index (χ0v) is 11.1. The van der Waals surface area contributed by atoms with E-state index < -0.39 is 11.4 Å². The summed E-state index contributed by atoms with van der Waals surface area (Å²) in [7, 11) is 0. The van der Waals surface area contributed by atoms with Crippen molar-refractivity contribution in [2.24, 2.45) is 4.40 Å². The van der Waals surface area contributed by atoms with Gasteiger partial charge in [-0.2, -0.15) is 0 Å². The van der Waals surface area contributed by atoms with Gasteiger partial charge in [-0.05, 0) is 32.9 Å². The summed E-state index contributed by atoms with van der Waals surface area (Å²) in [4.78, 5) is 4.25. The minimum Gasteiger partial charge on any atom is -0.591 e. The molecule has 0 amide bonds. The molecular formula is C12H16N2O2S. The van der Waals surface area contributed by atoms with Crippen molar-refractivity contribution in [1.82, 2.24) is 4.98 Å². The van der Waals surface area contributed by atoms with Crippen LogP contribution < -0.4 is 4.74 Å². The van der Waals surface area contributed by atoms with Gasteiger partial charge in [-0.3, -0.25) is 4.98 Å². The zero-order chi connectivity index (χ0) is 12.5. The lowest BCUT2D eigenvalue weighted by atomic mass is 10.1. The first-order valence-electron chi connectivity index (χ1n) is 5.56. The first kappa shape index (κ1) is 12.4.